The number of hydrogen-bond acceptors (Lipinski definition) is 6. The Balaban J connectivity index is 1.56. The van der Waals surface area contributed by atoms with Crippen LogP contribution in [0.15, 0.2) is 35.6 Å². The lowest BCUT2D eigenvalue weighted by atomic mass is 9.79. The van der Waals surface area contributed by atoms with Crippen molar-refractivity contribution in [2.24, 2.45) is 5.92 Å². The van der Waals surface area contributed by atoms with E-state index in [9.17, 15) is 21.6 Å². The van der Waals surface area contributed by atoms with Gasteiger partial charge in [-0.1, -0.05) is 6.42 Å². The zero-order valence-corrected chi connectivity index (χ0v) is 16.3. The monoisotopic (exact) mass is 430 g/mol. The maximum absolute atomic E-state index is 12.9. The Morgan fingerprint density at radius 1 is 1.28 bits per heavy atom. The standard InChI is InChI=1S/C17H21F3N6O2S/c1-10-16-13(24-23-10)3-2-4-14(16)25-29(27,28)12-8-22-26(9-12)11-5-6-21-15(7-11)17(18,19)20/h5-10,13-14,16,23-25H,2-4H2,1H3. The molecule has 0 radical (unpaired) electrons. The van der Waals surface area contributed by atoms with Gasteiger partial charge in [-0.25, -0.2) is 17.8 Å². The second-order valence-corrected chi connectivity index (χ2v) is 9.15. The van der Waals surface area contributed by atoms with Crippen LogP contribution in [-0.4, -0.2) is 41.3 Å². The second-order valence-electron chi connectivity index (χ2n) is 7.44. The molecule has 2 aromatic heterocycles. The molecule has 0 spiro atoms. The van der Waals surface area contributed by atoms with E-state index in [4.69, 9.17) is 0 Å². The smallest absolute Gasteiger partial charge is 0.254 e. The minimum absolute atomic E-state index is 0.0734. The van der Waals surface area contributed by atoms with E-state index in [2.05, 4.69) is 25.7 Å². The fraction of sp³-hybridized carbons (Fsp3) is 0.529. The summed E-state index contributed by atoms with van der Waals surface area (Å²) in [6, 6.07) is 2.23. The van der Waals surface area contributed by atoms with Gasteiger partial charge in [0, 0.05) is 30.2 Å². The van der Waals surface area contributed by atoms with E-state index in [1.54, 1.807) is 0 Å². The quantitative estimate of drug-likeness (QED) is 0.681. The minimum Gasteiger partial charge on any atom is -0.254 e. The fourth-order valence-electron chi connectivity index (χ4n) is 4.13. The van der Waals surface area contributed by atoms with E-state index in [1.165, 1.54) is 12.3 Å². The first-order valence-electron chi connectivity index (χ1n) is 9.27. The predicted octanol–water partition coefficient (Wildman–Crippen LogP) is 1.60. The highest BCUT2D eigenvalue weighted by Crippen LogP contribution is 2.32. The average Bonchev–Trinajstić information content (AvgIpc) is 3.30. The summed E-state index contributed by atoms with van der Waals surface area (Å²) in [4.78, 5) is 3.20. The van der Waals surface area contributed by atoms with Crippen LogP contribution >= 0.6 is 0 Å². The Morgan fingerprint density at radius 3 is 2.83 bits per heavy atom. The van der Waals surface area contributed by atoms with Gasteiger partial charge >= 0.3 is 6.18 Å². The molecule has 2 aromatic rings. The third-order valence-electron chi connectivity index (χ3n) is 5.51. The number of sulfonamides is 1. The summed E-state index contributed by atoms with van der Waals surface area (Å²) >= 11 is 0. The highest BCUT2D eigenvalue weighted by atomic mass is 32.2. The number of alkyl halides is 3. The molecule has 2 aliphatic rings. The molecule has 158 valence electrons. The van der Waals surface area contributed by atoms with Crippen molar-refractivity contribution in [3.8, 4) is 5.69 Å². The maximum atomic E-state index is 12.9. The van der Waals surface area contributed by atoms with Crippen LogP contribution in [0.4, 0.5) is 13.2 Å². The zero-order valence-electron chi connectivity index (χ0n) is 15.5. The molecule has 4 rings (SSSR count). The fourth-order valence-corrected chi connectivity index (χ4v) is 5.37. The first-order chi connectivity index (χ1) is 13.6. The van der Waals surface area contributed by atoms with Crippen molar-refractivity contribution in [2.75, 3.05) is 0 Å². The molecule has 4 atom stereocenters. The number of nitrogens with one attached hydrogen (secondary N) is 3. The van der Waals surface area contributed by atoms with E-state index in [1.807, 2.05) is 6.92 Å². The van der Waals surface area contributed by atoms with Crippen LogP contribution in [0.2, 0.25) is 0 Å². The lowest BCUT2D eigenvalue weighted by Crippen LogP contribution is -2.49. The van der Waals surface area contributed by atoms with Crippen molar-refractivity contribution in [3.05, 3.63) is 36.4 Å². The lowest BCUT2D eigenvalue weighted by Gasteiger charge is -2.34. The summed E-state index contributed by atoms with van der Waals surface area (Å²) < 4.78 is 68.2. The number of hydrazine groups is 1. The maximum Gasteiger partial charge on any atom is 0.433 e. The molecule has 0 aromatic carbocycles. The minimum atomic E-state index is -4.60. The van der Waals surface area contributed by atoms with Crippen LogP contribution in [0, 0.1) is 5.92 Å². The number of nitrogens with zero attached hydrogens (tertiary/aromatic N) is 3. The van der Waals surface area contributed by atoms with Gasteiger partial charge in [0.05, 0.1) is 18.1 Å². The molecule has 1 aliphatic carbocycles. The molecular formula is C17H21F3N6O2S. The highest BCUT2D eigenvalue weighted by Gasteiger charge is 2.42. The summed E-state index contributed by atoms with van der Waals surface area (Å²) in [6.45, 7) is 2.00. The number of halogens is 3. The van der Waals surface area contributed by atoms with Crippen molar-refractivity contribution in [2.45, 2.75) is 55.4 Å². The van der Waals surface area contributed by atoms with Crippen molar-refractivity contribution in [3.63, 3.8) is 0 Å². The molecule has 0 amide bonds. The van der Waals surface area contributed by atoms with Crippen LogP contribution in [0.25, 0.3) is 5.69 Å². The molecular weight excluding hydrogens is 409 g/mol. The van der Waals surface area contributed by atoms with Gasteiger partial charge in [-0.15, -0.1) is 0 Å². The van der Waals surface area contributed by atoms with Crippen LogP contribution in [0.1, 0.15) is 31.9 Å². The van der Waals surface area contributed by atoms with E-state index < -0.39 is 21.9 Å². The van der Waals surface area contributed by atoms with E-state index in [0.29, 0.717) is 0 Å². The number of fused-ring (bicyclic) bond motifs is 1. The van der Waals surface area contributed by atoms with Gasteiger partial charge in [0.2, 0.25) is 10.0 Å². The molecule has 0 bridgehead atoms. The molecule has 29 heavy (non-hydrogen) atoms. The van der Waals surface area contributed by atoms with E-state index in [-0.39, 0.29) is 34.6 Å². The van der Waals surface area contributed by atoms with E-state index >= 15 is 0 Å². The number of hydrogen-bond donors (Lipinski definition) is 3. The first kappa shape index (κ1) is 20.3. The third-order valence-corrected chi connectivity index (χ3v) is 6.95. The summed E-state index contributed by atoms with van der Waals surface area (Å²) in [5.41, 5.74) is 5.37. The molecule has 4 unspecified atom stereocenters. The zero-order chi connectivity index (χ0) is 20.8. The molecule has 12 heteroatoms. The lowest BCUT2D eigenvalue weighted by molar-refractivity contribution is -0.141. The van der Waals surface area contributed by atoms with Crippen molar-refractivity contribution >= 4 is 10.0 Å². The Bertz CT molecular complexity index is 991. The SMILES string of the molecule is CC1NNC2CCCC(NS(=O)(=O)c3cnn(-c4ccnc(C(F)(F)F)c4)c3)C12. The number of rotatable bonds is 4. The second kappa shape index (κ2) is 7.35. The molecule has 1 aliphatic heterocycles. The largest absolute Gasteiger partial charge is 0.433 e. The summed E-state index contributed by atoms with van der Waals surface area (Å²) in [6.07, 6.45) is 1.33. The van der Waals surface area contributed by atoms with Gasteiger partial charge in [-0.05, 0) is 31.9 Å². The summed E-state index contributed by atoms with van der Waals surface area (Å²) in [5, 5.41) is 3.93. The molecule has 1 saturated carbocycles. The molecule has 1 saturated heterocycles. The number of pyridine rings is 1. The Kier molecular flexibility index (Phi) is 5.13. The van der Waals surface area contributed by atoms with Gasteiger partial charge in [-0.3, -0.25) is 15.8 Å². The molecule has 3 heterocycles. The molecule has 3 N–H and O–H groups in total. The molecule has 2 fully saturated rings. The third kappa shape index (κ3) is 4.02. The van der Waals surface area contributed by atoms with Crippen LogP contribution in [0.5, 0.6) is 0 Å². The van der Waals surface area contributed by atoms with Gasteiger partial charge in [0.1, 0.15) is 10.6 Å². The Labute approximate surface area is 165 Å². The van der Waals surface area contributed by atoms with Crippen LogP contribution < -0.4 is 15.6 Å². The van der Waals surface area contributed by atoms with Crippen molar-refractivity contribution in [1.82, 2.24) is 30.3 Å². The predicted molar refractivity (Wildman–Crippen MR) is 97.3 cm³/mol. The van der Waals surface area contributed by atoms with E-state index in [0.717, 1.165) is 42.4 Å². The van der Waals surface area contributed by atoms with Gasteiger partial charge < -0.3 is 0 Å². The summed E-state index contributed by atoms with van der Waals surface area (Å²) in [7, 11) is -3.87. The van der Waals surface area contributed by atoms with Crippen LogP contribution in [-0.2, 0) is 16.2 Å². The van der Waals surface area contributed by atoms with Gasteiger partial charge in [-0.2, -0.15) is 18.3 Å². The first-order valence-corrected chi connectivity index (χ1v) is 10.8. The summed E-state index contributed by atoms with van der Waals surface area (Å²) in [5.74, 6) is 0.114. The van der Waals surface area contributed by atoms with Crippen molar-refractivity contribution < 1.29 is 21.6 Å². The highest BCUT2D eigenvalue weighted by molar-refractivity contribution is 7.89. The van der Waals surface area contributed by atoms with Crippen LogP contribution in [0.3, 0.4) is 0 Å². The van der Waals surface area contributed by atoms with Crippen molar-refractivity contribution in [1.29, 1.82) is 0 Å². The normalized spacial score (nSPS) is 27.7. The Hall–Kier alpha value is -2.02. The molecule has 8 nitrogen and oxygen atoms in total. The van der Waals surface area contributed by atoms with Gasteiger partial charge in [0.25, 0.3) is 0 Å². The number of aromatic nitrogens is 3. The average molecular weight is 430 g/mol. The Morgan fingerprint density at radius 2 is 2.07 bits per heavy atom. The van der Waals surface area contributed by atoms with Gasteiger partial charge in [0.15, 0.2) is 0 Å². The topological polar surface area (TPSA) is 101 Å².